The van der Waals surface area contributed by atoms with Gasteiger partial charge in [-0.1, -0.05) is 57.3 Å². The Balaban J connectivity index is 1.78. The quantitative estimate of drug-likeness (QED) is 0.492. The maximum atomic E-state index is 14.5. The third-order valence-electron chi connectivity index (χ3n) is 7.43. The molecule has 1 heterocycles. The molecule has 0 bridgehead atoms. The fourth-order valence-corrected chi connectivity index (χ4v) is 6.22. The van der Waals surface area contributed by atoms with Gasteiger partial charge in [0.15, 0.2) is 6.04 Å². The van der Waals surface area contributed by atoms with Crippen molar-refractivity contribution < 1.29 is 14.1 Å². The van der Waals surface area contributed by atoms with Gasteiger partial charge in [0.25, 0.3) is 5.91 Å². The number of nitrogens with zero attached hydrogens (tertiary/aromatic N) is 1. The van der Waals surface area contributed by atoms with E-state index >= 15 is 0 Å². The molecule has 0 spiro atoms. The smallest absolute Gasteiger partial charge is 0.325 e. The zero-order valence-corrected chi connectivity index (χ0v) is 21.7. The molecule has 3 N–H and O–H groups in total. The summed E-state index contributed by atoms with van der Waals surface area (Å²) in [5, 5.41) is 4.40. The summed E-state index contributed by atoms with van der Waals surface area (Å²) in [6, 6.07) is 12.5. The number of halogens is 3. The van der Waals surface area contributed by atoms with Crippen LogP contribution in [0.2, 0.25) is 10.0 Å². The van der Waals surface area contributed by atoms with Crippen LogP contribution in [-0.4, -0.2) is 48.5 Å². The summed E-state index contributed by atoms with van der Waals surface area (Å²) in [5.74, 6) is -0.426. The molecule has 5 nitrogen and oxygen atoms in total. The summed E-state index contributed by atoms with van der Waals surface area (Å²) < 4.78 is 0.953. The van der Waals surface area contributed by atoms with Crippen LogP contribution in [0.4, 0.5) is 0 Å². The standard InChI is InChI=1S/C25H28BrCl2N3O2/c1-31(19-8-12-30-13-9-19,22(23(29)32)14-16-2-4-17(26)5-3-16)24(33)25(10-11-25)20-7-6-18(27)15-21(20)28/h2-7,15,19,22,30H,8-14H2,1H3,(H-,29,32)/p+1/t22-,31?/m0/s1. The Bertz CT molecular complexity index is 1050. The first kappa shape index (κ1) is 24.7. The van der Waals surface area contributed by atoms with Gasteiger partial charge in [-0.15, -0.1) is 0 Å². The number of amides is 2. The molecule has 1 aliphatic heterocycles. The van der Waals surface area contributed by atoms with Crippen LogP contribution in [0.3, 0.4) is 0 Å². The van der Waals surface area contributed by atoms with Crippen molar-refractivity contribution in [2.75, 3.05) is 20.1 Å². The molecule has 2 aliphatic rings. The van der Waals surface area contributed by atoms with Gasteiger partial charge in [0.05, 0.1) is 13.1 Å². The number of piperidine rings is 1. The number of nitrogens with two attached hydrogens (primary N) is 1. The number of likely N-dealkylation sites (N-methyl/N-ethyl adjacent to an activating group) is 1. The summed E-state index contributed by atoms with van der Waals surface area (Å²) in [7, 11) is 1.91. The average Bonchev–Trinajstić information content (AvgIpc) is 3.59. The van der Waals surface area contributed by atoms with Gasteiger partial charge < -0.3 is 11.1 Å². The third kappa shape index (κ3) is 4.73. The minimum atomic E-state index is -0.714. The zero-order valence-electron chi connectivity index (χ0n) is 18.6. The monoisotopic (exact) mass is 552 g/mol. The van der Waals surface area contributed by atoms with E-state index in [9.17, 15) is 9.59 Å². The first-order valence-corrected chi connectivity index (χ1v) is 12.8. The number of quaternary nitrogens is 1. The van der Waals surface area contributed by atoms with Gasteiger partial charge >= 0.3 is 5.91 Å². The van der Waals surface area contributed by atoms with E-state index in [4.69, 9.17) is 28.9 Å². The van der Waals surface area contributed by atoms with Crippen LogP contribution in [0.25, 0.3) is 0 Å². The van der Waals surface area contributed by atoms with Gasteiger partial charge in [-0.2, -0.15) is 0 Å². The zero-order chi connectivity index (χ0) is 23.8. The molecule has 2 fully saturated rings. The topological polar surface area (TPSA) is 72.2 Å². The Kier molecular flexibility index (Phi) is 7.23. The molecule has 2 aromatic rings. The fourth-order valence-electron chi connectivity index (χ4n) is 5.37. The Morgan fingerprint density at radius 1 is 1.15 bits per heavy atom. The molecule has 1 unspecified atom stereocenters. The Hall–Kier alpha value is -1.44. The van der Waals surface area contributed by atoms with E-state index in [1.165, 1.54) is 0 Å². The van der Waals surface area contributed by atoms with Crippen molar-refractivity contribution in [2.24, 2.45) is 5.73 Å². The Morgan fingerprint density at radius 3 is 2.33 bits per heavy atom. The van der Waals surface area contributed by atoms with Crippen LogP contribution in [0, 0.1) is 0 Å². The van der Waals surface area contributed by atoms with Crippen LogP contribution >= 0.6 is 39.1 Å². The van der Waals surface area contributed by atoms with Crippen molar-refractivity contribution in [1.29, 1.82) is 0 Å². The minimum Gasteiger partial charge on any atom is -0.364 e. The van der Waals surface area contributed by atoms with E-state index in [0.29, 0.717) is 29.3 Å². The van der Waals surface area contributed by atoms with E-state index in [1.807, 2.05) is 37.4 Å². The van der Waals surface area contributed by atoms with E-state index in [2.05, 4.69) is 21.2 Å². The number of rotatable bonds is 7. The van der Waals surface area contributed by atoms with E-state index in [1.54, 1.807) is 12.1 Å². The molecule has 2 aromatic carbocycles. The number of carbonyl (C=O) groups excluding carboxylic acids is 2. The summed E-state index contributed by atoms with van der Waals surface area (Å²) >= 11 is 16.2. The van der Waals surface area contributed by atoms with E-state index < -0.39 is 17.4 Å². The lowest BCUT2D eigenvalue weighted by Gasteiger charge is -2.47. The second kappa shape index (κ2) is 9.67. The van der Waals surface area contributed by atoms with Crippen molar-refractivity contribution in [3.8, 4) is 0 Å². The van der Waals surface area contributed by atoms with Crippen LogP contribution in [-0.2, 0) is 21.4 Å². The molecule has 0 aromatic heterocycles. The number of nitrogens with one attached hydrogen (secondary N) is 1. The molecular weight excluding hydrogens is 525 g/mol. The van der Waals surface area contributed by atoms with Crippen LogP contribution in [0.15, 0.2) is 46.9 Å². The van der Waals surface area contributed by atoms with Crippen molar-refractivity contribution in [2.45, 2.75) is 49.6 Å². The highest BCUT2D eigenvalue weighted by atomic mass is 79.9. The summed E-state index contributed by atoms with van der Waals surface area (Å²) in [4.78, 5) is 27.5. The van der Waals surface area contributed by atoms with Gasteiger partial charge in [-0.05, 0) is 48.2 Å². The summed E-state index contributed by atoms with van der Waals surface area (Å²) in [6.07, 6.45) is 3.41. The van der Waals surface area contributed by atoms with Gasteiger partial charge in [-0.25, -0.2) is 9.28 Å². The van der Waals surface area contributed by atoms with Gasteiger partial charge in [0.2, 0.25) is 0 Å². The number of hydrogen-bond donors (Lipinski definition) is 2. The Labute approximate surface area is 213 Å². The van der Waals surface area contributed by atoms with Gasteiger partial charge in [0.1, 0.15) is 5.41 Å². The Morgan fingerprint density at radius 2 is 1.79 bits per heavy atom. The number of benzene rings is 2. The average molecular weight is 554 g/mol. The van der Waals surface area contributed by atoms with Gasteiger partial charge in [0, 0.05) is 46.9 Å². The molecule has 1 saturated carbocycles. The summed E-state index contributed by atoms with van der Waals surface area (Å²) in [6.45, 7) is 1.62. The third-order valence-corrected chi connectivity index (χ3v) is 8.51. The normalized spacial score (nSPS) is 20.6. The summed E-state index contributed by atoms with van der Waals surface area (Å²) in [5.41, 5.74) is 7.08. The fraction of sp³-hybridized carbons (Fsp3) is 0.440. The molecule has 0 radical (unpaired) electrons. The molecule has 176 valence electrons. The number of carbonyl (C=O) groups is 2. The molecule has 2 atom stereocenters. The van der Waals surface area contributed by atoms with E-state index in [-0.39, 0.29) is 16.4 Å². The molecule has 33 heavy (non-hydrogen) atoms. The predicted octanol–water partition coefficient (Wildman–Crippen LogP) is 4.61. The second-order valence-corrected chi connectivity index (χ2v) is 11.1. The van der Waals surface area contributed by atoms with Crippen LogP contribution in [0.5, 0.6) is 0 Å². The van der Waals surface area contributed by atoms with Crippen molar-refractivity contribution in [3.05, 3.63) is 68.1 Å². The maximum absolute atomic E-state index is 14.5. The molecule has 4 rings (SSSR count). The first-order valence-electron chi connectivity index (χ1n) is 11.3. The lowest BCUT2D eigenvalue weighted by atomic mass is 9.87. The molecule has 8 heteroatoms. The molecular formula is C25H29BrCl2N3O2+. The molecule has 1 aliphatic carbocycles. The lowest BCUT2D eigenvalue weighted by Crippen LogP contribution is -2.70. The first-order chi connectivity index (χ1) is 15.7. The minimum absolute atomic E-state index is 0.00440. The SMILES string of the molecule is C[N+](C(=O)C1(c2ccc(Cl)cc2Cl)CC1)(C1CCNCC1)[C@@H](Cc1ccc(Br)cc1)C(N)=O. The van der Waals surface area contributed by atoms with Crippen molar-refractivity contribution in [1.82, 2.24) is 5.32 Å². The van der Waals surface area contributed by atoms with Crippen LogP contribution in [0.1, 0.15) is 36.8 Å². The molecule has 2 amide bonds. The van der Waals surface area contributed by atoms with Gasteiger partial charge in [-0.3, -0.25) is 4.79 Å². The highest BCUT2D eigenvalue weighted by Crippen LogP contribution is 2.54. The van der Waals surface area contributed by atoms with Crippen molar-refractivity contribution in [3.63, 3.8) is 0 Å². The van der Waals surface area contributed by atoms with Crippen molar-refractivity contribution >= 4 is 50.9 Å². The number of primary amides is 1. The number of hydrogen-bond acceptors (Lipinski definition) is 3. The van der Waals surface area contributed by atoms with E-state index in [0.717, 1.165) is 41.5 Å². The maximum Gasteiger partial charge on any atom is 0.325 e. The largest absolute Gasteiger partial charge is 0.364 e. The second-order valence-electron chi connectivity index (χ2n) is 9.39. The predicted molar refractivity (Wildman–Crippen MR) is 135 cm³/mol. The van der Waals surface area contributed by atoms with Crippen LogP contribution < -0.4 is 11.1 Å². The highest BCUT2D eigenvalue weighted by molar-refractivity contribution is 9.10. The molecule has 1 saturated heterocycles. The highest BCUT2D eigenvalue weighted by Gasteiger charge is 2.64. The lowest BCUT2D eigenvalue weighted by molar-refractivity contribution is -0.878.